The number of anilines is 2. The van der Waals surface area contributed by atoms with Gasteiger partial charge < -0.3 is 4.90 Å². The van der Waals surface area contributed by atoms with Crippen LogP contribution in [-0.4, -0.2) is 32.8 Å². The van der Waals surface area contributed by atoms with Crippen LogP contribution in [0.5, 0.6) is 0 Å². The van der Waals surface area contributed by atoms with Crippen molar-refractivity contribution in [2.75, 3.05) is 16.9 Å². The highest BCUT2D eigenvalue weighted by Gasteiger charge is 2.37. The molecule has 4 rings (SSSR count). The van der Waals surface area contributed by atoms with Gasteiger partial charge >= 0.3 is 0 Å². The number of fused-ring (bicyclic) bond motifs is 2. The Labute approximate surface area is 116 Å². The van der Waals surface area contributed by atoms with Gasteiger partial charge in [0.25, 0.3) is 0 Å². The number of H-pyrrole nitrogens is 1. The van der Waals surface area contributed by atoms with Crippen LogP contribution in [0.2, 0.25) is 0 Å². The lowest BCUT2D eigenvalue weighted by Crippen LogP contribution is -2.35. The van der Waals surface area contributed by atoms with Gasteiger partial charge in [-0.3, -0.25) is 10.5 Å². The van der Waals surface area contributed by atoms with E-state index in [9.17, 15) is 0 Å². The largest absolute Gasteiger partial charge is 0.353 e. The van der Waals surface area contributed by atoms with Crippen LogP contribution < -0.4 is 16.2 Å². The van der Waals surface area contributed by atoms with Crippen LogP contribution in [0.15, 0.2) is 6.20 Å². The van der Waals surface area contributed by atoms with E-state index in [1.165, 1.54) is 32.1 Å². The van der Waals surface area contributed by atoms with Crippen molar-refractivity contribution < 1.29 is 0 Å². The van der Waals surface area contributed by atoms with Crippen molar-refractivity contribution in [3.8, 4) is 0 Å². The Hall–Kier alpha value is -1.89. The molecule has 1 aliphatic heterocycles. The standard InChI is InChI=1S/C13H19N7/c14-18-13-16-11-9(7-15-19-11)12(17-13)20-6-5-8-3-1-2-4-10(8)20/h7-8,10H,1-6,14H2,(H2,15,16,17,18,19). The molecule has 2 atom stereocenters. The zero-order chi connectivity index (χ0) is 13.5. The predicted molar refractivity (Wildman–Crippen MR) is 77.2 cm³/mol. The highest BCUT2D eigenvalue weighted by Crippen LogP contribution is 2.40. The number of nitrogen functional groups attached to an aromatic ring is 1. The Morgan fingerprint density at radius 3 is 3.05 bits per heavy atom. The van der Waals surface area contributed by atoms with Crippen LogP contribution in [0.3, 0.4) is 0 Å². The average molecular weight is 273 g/mol. The third kappa shape index (κ3) is 1.73. The molecule has 1 saturated heterocycles. The summed E-state index contributed by atoms with van der Waals surface area (Å²) in [7, 11) is 0. The topological polar surface area (TPSA) is 95.7 Å². The van der Waals surface area contributed by atoms with Crippen LogP contribution >= 0.6 is 0 Å². The van der Waals surface area contributed by atoms with Crippen molar-refractivity contribution in [1.82, 2.24) is 20.2 Å². The Kier molecular flexibility index (Phi) is 2.73. The lowest BCUT2D eigenvalue weighted by atomic mass is 9.85. The molecular formula is C13H19N7. The number of rotatable bonds is 2. The molecule has 2 fully saturated rings. The molecule has 7 heteroatoms. The van der Waals surface area contributed by atoms with E-state index in [0.29, 0.717) is 12.0 Å². The summed E-state index contributed by atoms with van der Waals surface area (Å²) in [5, 5.41) is 7.98. The summed E-state index contributed by atoms with van der Waals surface area (Å²) >= 11 is 0. The number of nitrogens with two attached hydrogens (primary N) is 1. The second-order valence-corrected chi connectivity index (χ2v) is 5.74. The van der Waals surface area contributed by atoms with Crippen molar-refractivity contribution in [2.45, 2.75) is 38.1 Å². The summed E-state index contributed by atoms with van der Waals surface area (Å²) in [5.41, 5.74) is 3.29. The molecule has 7 nitrogen and oxygen atoms in total. The molecule has 0 aromatic carbocycles. The first kappa shape index (κ1) is 11.9. The van der Waals surface area contributed by atoms with Crippen molar-refractivity contribution in [3.63, 3.8) is 0 Å². The molecule has 0 radical (unpaired) electrons. The third-order valence-corrected chi connectivity index (χ3v) is 4.70. The molecule has 2 aliphatic rings. The molecule has 20 heavy (non-hydrogen) atoms. The predicted octanol–water partition coefficient (Wildman–Crippen LogP) is 1.41. The molecule has 3 heterocycles. The third-order valence-electron chi connectivity index (χ3n) is 4.70. The normalized spacial score (nSPS) is 25.9. The summed E-state index contributed by atoms with van der Waals surface area (Å²) in [6, 6.07) is 0.613. The molecule has 1 aliphatic carbocycles. The summed E-state index contributed by atoms with van der Waals surface area (Å²) in [4.78, 5) is 11.3. The number of aromatic nitrogens is 4. The Balaban J connectivity index is 1.79. The van der Waals surface area contributed by atoms with E-state index in [0.717, 1.165) is 29.3 Å². The van der Waals surface area contributed by atoms with E-state index >= 15 is 0 Å². The minimum Gasteiger partial charge on any atom is -0.353 e. The first-order valence-corrected chi connectivity index (χ1v) is 7.31. The highest BCUT2D eigenvalue weighted by atomic mass is 15.3. The molecule has 2 aromatic heterocycles. The quantitative estimate of drug-likeness (QED) is 0.565. The fraction of sp³-hybridized carbons (Fsp3) is 0.615. The Bertz CT molecular complexity index is 622. The number of nitrogens with zero attached hydrogens (tertiary/aromatic N) is 4. The second-order valence-electron chi connectivity index (χ2n) is 5.74. The SMILES string of the molecule is NNc1nc(N2CCC3CCCCC32)c2cn[nH]c2n1. The van der Waals surface area contributed by atoms with Gasteiger partial charge in [-0.05, 0) is 25.2 Å². The molecule has 0 spiro atoms. The first-order valence-electron chi connectivity index (χ1n) is 7.31. The summed E-state index contributed by atoms with van der Waals surface area (Å²) in [6.07, 6.45) is 8.37. The van der Waals surface area contributed by atoms with Gasteiger partial charge in [0.05, 0.1) is 11.6 Å². The Morgan fingerprint density at radius 2 is 2.15 bits per heavy atom. The zero-order valence-electron chi connectivity index (χ0n) is 11.3. The molecule has 2 unspecified atom stereocenters. The van der Waals surface area contributed by atoms with Gasteiger partial charge in [0.15, 0.2) is 5.65 Å². The van der Waals surface area contributed by atoms with Crippen molar-refractivity contribution >= 4 is 22.8 Å². The lowest BCUT2D eigenvalue weighted by Gasteiger charge is -2.32. The Morgan fingerprint density at radius 1 is 1.25 bits per heavy atom. The lowest BCUT2D eigenvalue weighted by molar-refractivity contribution is 0.341. The van der Waals surface area contributed by atoms with Gasteiger partial charge in [-0.1, -0.05) is 12.8 Å². The number of aromatic amines is 1. The minimum atomic E-state index is 0.441. The van der Waals surface area contributed by atoms with Gasteiger partial charge in [-0.25, -0.2) is 5.84 Å². The first-order chi connectivity index (χ1) is 9.86. The van der Waals surface area contributed by atoms with E-state index in [4.69, 9.17) is 5.84 Å². The fourth-order valence-electron chi connectivity index (χ4n) is 3.77. The summed E-state index contributed by atoms with van der Waals surface area (Å²) in [5.74, 6) is 7.70. The van der Waals surface area contributed by atoms with Crippen LogP contribution in [0, 0.1) is 5.92 Å². The van der Waals surface area contributed by atoms with Crippen LogP contribution in [0.25, 0.3) is 11.0 Å². The number of hydrazine groups is 1. The van der Waals surface area contributed by atoms with E-state index in [1.54, 1.807) is 6.20 Å². The summed E-state index contributed by atoms with van der Waals surface area (Å²) in [6.45, 7) is 1.07. The highest BCUT2D eigenvalue weighted by molar-refractivity contribution is 5.87. The van der Waals surface area contributed by atoms with Gasteiger partial charge in [0, 0.05) is 12.6 Å². The van der Waals surface area contributed by atoms with Gasteiger partial charge in [0.2, 0.25) is 5.95 Å². The van der Waals surface area contributed by atoms with E-state index < -0.39 is 0 Å². The minimum absolute atomic E-state index is 0.441. The molecule has 1 saturated carbocycles. The maximum atomic E-state index is 5.48. The molecule has 4 N–H and O–H groups in total. The molecule has 2 aromatic rings. The second kappa shape index (κ2) is 4.59. The van der Waals surface area contributed by atoms with E-state index in [-0.39, 0.29) is 0 Å². The van der Waals surface area contributed by atoms with Crippen LogP contribution in [-0.2, 0) is 0 Å². The summed E-state index contributed by atoms with van der Waals surface area (Å²) < 4.78 is 0. The smallest absolute Gasteiger partial charge is 0.241 e. The van der Waals surface area contributed by atoms with Crippen molar-refractivity contribution in [2.24, 2.45) is 11.8 Å². The maximum Gasteiger partial charge on any atom is 0.241 e. The van der Waals surface area contributed by atoms with Crippen LogP contribution in [0.1, 0.15) is 32.1 Å². The monoisotopic (exact) mass is 273 g/mol. The van der Waals surface area contributed by atoms with Crippen molar-refractivity contribution in [3.05, 3.63) is 6.20 Å². The zero-order valence-corrected chi connectivity index (χ0v) is 11.3. The molecular weight excluding hydrogens is 254 g/mol. The van der Waals surface area contributed by atoms with Gasteiger partial charge in [-0.2, -0.15) is 15.1 Å². The van der Waals surface area contributed by atoms with Gasteiger partial charge in [-0.15, -0.1) is 0 Å². The van der Waals surface area contributed by atoms with E-state index in [2.05, 4.69) is 30.5 Å². The van der Waals surface area contributed by atoms with Crippen LogP contribution in [0.4, 0.5) is 11.8 Å². The molecule has 0 bridgehead atoms. The molecule has 0 amide bonds. The van der Waals surface area contributed by atoms with E-state index in [1.807, 2.05) is 0 Å². The average Bonchev–Trinajstić information content (AvgIpc) is 3.12. The molecule has 106 valence electrons. The maximum absolute atomic E-state index is 5.48. The van der Waals surface area contributed by atoms with Crippen molar-refractivity contribution in [1.29, 1.82) is 0 Å². The number of nitrogens with one attached hydrogen (secondary N) is 2. The number of hydrogen-bond donors (Lipinski definition) is 3. The van der Waals surface area contributed by atoms with Gasteiger partial charge in [0.1, 0.15) is 5.82 Å². The number of hydrogen-bond acceptors (Lipinski definition) is 6. The fourth-order valence-corrected chi connectivity index (χ4v) is 3.77.